The van der Waals surface area contributed by atoms with E-state index in [9.17, 15) is 50.3 Å². The average Bonchev–Trinajstić information content (AvgIpc) is 2.91. The van der Waals surface area contributed by atoms with Gasteiger partial charge in [-0.05, 0) is 54.0 Å². The minimum atomic E-state index is -5.15. The van der Waals surface area contributed by atoms with E-state index < -0.39 is 71.1 Å². The Labute approximate surface area is 251 Å². The summed E-state index contributed by atoms with van der Waals surface area (Å²) in [6.07, 6.45) is -7.25. The molecule has 0 fully saturated rings. The van der Waals surface area contributed by atoms with Gasteiger partial charge in [0.2, 0.25) is 0 Å². The van der Waals surface area contributed by atoms with Crippen LogP contribution in [-0.4, -0.2) is 49.3 Å². The van der Waals surface area contributed by atoms with E-state index in [4.69, 9.17) is 0 Å². The highest BCUT2D eigenvalue weighted by Crippen LogP contribution is 2.35. The number of methoxy groups -OCH3 is 1. The Morgan fingerprint density at radius 1 is 0.689 bits per heavy atom. The lowest BCUT2D eigenvalue weighted by atomic mass is 9.92. The van der Waals surface area contributed by atoms with Crippen LogP contribution in [-0.2, 0) is 28.7 Å². The maximum Gasteiger partial charge on any atom is 0.573 e. The van der Waals surface area contributed by atoms with Gasteiger partial charge >= 0.3 is 30.6 Å². The van der Waals surface area contributed by atoms with Crippen LogP contribution in [0.3, 0.4) is 0 Å². The molecule has 0 aromatic heterocycles. The molecule has 0 aliphatic rings. The largest absolute Gasteiger partial charge is 0.573 e. The quantitative estimate of drug-likeness (QED) is 0.0869. The van der Waals surface area contributed by atoms with E-state index in [2.05, 4.69) is 23.7 Å². The molecule has 0 saturated heterocycles. The van der Waals surface area contributed by atoms with Gasteiger partial charge in [0, 0.05) is 20.3 Å². The Kier molecular flexibility index (Phi) is 12.4. The second-order valence-electron chi connectivity index (χ2n) is 8.83. The molecule has 16 heteroatoms. The summed E-state index contributed by atoms with van der Waals surface area (Å²) in [5.41, 5.74) is -0.0588. The first kappa shape index (κ1) is 36.0. The van der Waals surface area contributed by atoms with E-state index in [0.717, 1.165) is 69.5 Å². The van der Waals surface area contributed by atoms with Crippen LogP contribution in [0.25, 0.3) is 12.2 Å². The number of halogens is 6. The Morgan fingerprint density at radius 2 is 1.09 bits per heavy atom. The molecule has 0 heterocycles. The molecule has 0 radical (unpaired) electrons. The summed E-state index contributed by atoms with van der Waals surface area (Å²) < 4.78 is 98.7. The van der Waals surface area contributed by atoms with E-state index in [1.54, 1.807) is 0 Å². The zero-order chi connectivity index (χ0) is 33.9. The predicted octanol–water partition coefficient (Wildman–Crippen LogP) is 5.77. The van der Waals surface area contributed by atoms with Gasteiger partial charge in [-0.25, -0.2) is 0 Å². The summed E-state index contributed by atoms with van der Waals surface area (Å²) >= 11 is 0. The van der Waals surface area contributed by atoms with Crippen LogP contribution in [0.1, 0.15) is 37.8 Å². The Balaban J connectivity index is 2.36. The first-order valence-electron chi connectivity index (χ1n) is 12.5. The molecule has 2 aromatic rings. The lowest BCUT2D eigenvalue weighted by Gasteiger charge is -2.13. The Hall–Kier alpha value is -5.15. The summed E-state index contributed by atoms with van der Waals surface area (Å²) in [7, 11) is 1.07. The number of ketones is 2. The van der Waals surface area contributed by atoms with Gasteiger partial charge in [-0.3, -0.25) is 24.0 Å². The molecule has 0 bridgehead atoms. The molecule has 0 aliphatic heterocycles. The minimum Gasteiger partial charge on any atom is -0.469 e. The molecule has 2 aromatic carbocycles. The SMILES string of the molecule is COC(=O)CCC(C(=O)C=Cc1ccc(OC(C)=O)c(OC(F)(F)F)c1)C(=O)C=Cc1ccc(OC(C)=O)c(OC(F)(F)F)c1. The highest BCUT2D eigenvalue weighted by Gasteiger charge is 2.34. The van der Waals surface area contributed by atoms with E-state index in [-0.39, 0.29) is 24.0 Å². The van der Waals surface area contributed by atoms with Gasteiger partial charge in [-0.15, -0.1) is 26.3 Å². The molecule has 0 amide bonds. The molecule has 0 unspecified atom stereocenters. The molecule has 10 nitrogen and oxygen atoms in total. The van der Waals surface area contributed by atoms with Gasteiger partial charge in [-0.1, -0.05) is 24.3 Å². The average molecular weight is 646 g/mol. The monoisotopic (exact) mass is 646 g/mol. The zero-order valence-corrected chi connectivity index (χ0v) is 23.6. The first-order chi connectivity index (χ1) is 20.9. The van der Waals surface area contributed by atoms with Gasteiger partial charge in [-0.2, -0.15) is 0 Å². The molecule has 0 saturated carbocycles. The molecule has 45 heavy (non-hydrogen) atoms. The van der Waals surface area contributed by atoms with Crippen molar-refractivity contribution < 1.29 is 74.0 Å². The van der Waals surface area contributed by atoms with Gasteiger partial charge in [0.15, 0.2) is 34.6 Å². The number of rotatable bonds is 13. The summed E-state index contributed by atoms with van der Waals surface area (Å²) in [6.45, 7) is 1.91. The van der Waals surface area contributed by atoms with Crippen molar-refractivity contribution in [2.45, 2.75) is 39.4 Å². The molecule has 242 valence electrons. The molecule has 2 rings (SSSR count). The topological polar surface area (TPSA) is 132 Å². The van der Waals surface area contributed by atoms with Crippen LogP contribution in [0.15, 0.2) is 48.6 Å². The van der Waals surface area contributed by atoms with Crippen molar-refractivity contribution in [2.75, 3.05) is 7.11 Å². The van der Waals surface area contributed by atoms with Crippen LogP contribution in [0.2, 0.25) is 0 Å². The minimum absolute atomic E-state index is 0.0294. The number of ether oxygens (including phenoxy) is 5. The third-order valence-corrected chi connectivity index (χ3v) is 5.33. The molecule has 0 aliphatic carbocycles. The van der Waals surface area contributed by atoms with E-state index in [0.29, 0.717) is 0 Å². The number of hydrogen-bond donors (Lipinski definition) is 0. The number of carbonyl (C=O) groups is 5. The fourth-order valence-electron chi connectivity index (χ4n) is 3.52. The number of alkyl halides is 6. The highest BCUT2D eigenvalue weighted by molar-refractivity contribution is 6.13. The number of esters is 3. The van der Waals surface area contributed by atoms with E-state index >= 15 is 0 Å². The summed E-state index contributed by atoms with van der Waals surface area (Å²) in [4.78, 5) is 60.1. The van der Waals surface area contributed by atoms with Crippen molar-refractivity contribution in [3.8, 4) is 23.0 Å². The van der Waals surface area contributed by atoms with Gasteiger partial charge in [0.05, 0.1) is 13.0 Å². The summed E-state index contributed by atoms with van der Waals surface area (Å²) in [6, 6.07) is 5.99. The van der Waals surface area contributed by atoms with E-state index in [1.165, 1.54) is 12.1 Å². The first-order valence-corrected chi connectivity index (χ1v) is 12.5. The molecule has 0 spiro atoms. The predicted molar refractivity (Wildman–Crippen MR) is 142 cm³/mol. The second kappa shape index (κ2) is 15.5. The van der Waals surface area contributed by atoms with Crippen molar-refractivity contribution in [1.29, 1.82) is 0 Å². The van der Waals surface area contributed by atoms with Crippen molar-refractivity contribution >= 4 is 41.6 Å². The maximum absolute atomic E-state index is 13.0. The van der Waals surface area contributed by atoms with Crippen LogP contribution in [0.5, 0.6) is 23.0 Å². The fraction of sp³-hybridized carbons (Fsp3) is 0.276. The van der Waals surface area contributed by atoms with E-state index in [1.807, 2.05) is 0 Å². The summed E-state index contributed by atoms with van der Waals surface area (Å²) in [5.74, 6) is -8.79. The lowest BCUT2D eigenvalue weighted by Crippen LogP contribution is -2.22. The van der Waals surface area contributed by atoms with Crippen molar-refractivity contribution in [3.63, 3.8) is 0 Å². The smallest absolute Gasteiger partial charge is 0.469 e. The molecule has 0 N–H and O–H groups in total. The highest BCUT2D eigenvalue weighted by atomic mass is 19.4. The number of carbonyl (C=O) groups excluding carboxylic acids is 5. The molecule has 0 atom stereocenters. The van der Waals surface area contributed by atoms with Crippen LogP contribution < -0.4 is 18.9 Å². The van der Waals surface area contributed by atoms with Gasteiger partial charge < -0.3 is 23.7 Å². The Bertz CT molecular complexity index is 1390. The third-order valence-electron chi connectivity index (χ3n) is 5.33. The second-order valence-corrected chi connectivity index (χ2v) is 8.83. The fourth-order valence-corrected chi connectivity index (χ4v) is 3.52. The van der Waals surface area contributed by atoms with Gasteiger partial charge in [0.1, 0.15) is 0 Å². The standard InChI is InChI=1S/C29H24F6O10/c1-16(36)42-23-11-6-18(14-25(23)44-28(30,31)32)4-9-21(38)20(8-13-27(40)41-3)22(39)10-5-19-7-12-24(43-17(2)37)26(15-19)45-29(33,34)35/h4-7,9-12,14-15,20H,8,13H2,1-3H3. The van der Waals surface area contributed by atoms with Crippen LogP contribution in [0, 0.1) is 5.92 Å². The number of benzene rings is 2. The van der Waals surface area contributed by atoms with Crippen molar-refractivity contribution in [2.24, 2.45) is 5.92 Å². The lowest BCUT2D eigenvalue weighted by molar-refractivity contribution is -0.276. The Morgan fingerprint density at radius 3 is 1.42 bits per heavy atom. The maximum atomic E-state index is 13.0. The molecular formula is C29H24F6O10. The summed E-state index contributed by atoms with van der Waals surface area (Å²) in [5, 5.41) is 0. The number of allylic oxidation sites excluding steroid dienone is 2. The normalized spacial score (nSPS) is 12.5. The van der Waals surface area contributed by atoms with Crippen LogP contribution in [0.4, 0.5) is 26.3 Å². The number of hydrogen-bond acceptors (Lipinski definition) is 10. The zero-order valence-electron chi connectivity index (χ0n) is 23.6. The van der Waals surface area contributed by atoms with Crippen molar-refractivity contribution in [3.05, 3.63) is 59.7 Å². The van der Waals surface area contributed by atoms with Gasteiger partial charge in [0.25, 0.3) is 0 Å². The van der Waals surface area contributed by atoms with Crippen molar-refractivity contribution in [1.82, 2.24) is 0 Å². The third kappa shape index (κ3) is 12.9. The van der Waals surface area contributed by atoms with Crippen LogP contribution >= 0.6 is 0 Å². The molecular weight excluding hydrogens is 622 g/mol.